The van der Waals surface area contributed by atoms with E-state index in [0.29, 0.717) is 24.3 Å². The molecule has 1 atom stereocenters. The van der Waals surface area contributed by atoms with Crippen molar-refractivity contribution in [2.75, 3.05) is 25.5 Å². The predicted molar refractivity (Wildman–Crippen MR) is 63.9 cm³/mol. The van der Waals surface area contributed by atoms with Gasteiger partial charge in [-0.15, -0.1) is 0 Å². The van der Waals surface area contributed by atoms with Gasteiger partial charge in [-0.2, -0.15) is 0 Å². The molecule has 1 heterocycles. The topological polar surface area (TPSA) is 75.2 Å². The summed E-state index contributed by atoms with van der Waals surface area (Å²) in [6.07, 6.45) is 3.60. The zero-order valence-electron chi connectivity index (χ0n) is 10.2. The van der Waals surface area contributed by atoms with E-state index in [-0.39, 0.29) is 11.8 Å². The molecule has 0 aliphatic heterocycles. The lowest BCUT2D eigenvalue weighted by Gasteiger charge is -2.20. The van der Waals surface area contributed by atoms with Gasteiger partial charge in [0, 0.05) is 33.0 Å². The van der Waals surface area contributed by atoms with Gasteiger partial charge in [0.15, 0.2) is 6.29 Å². The Balaban J connectivity index is 2.65. The molecule has 0 saturated heterocycles. The molecule has 92 valence electrons. The Kier molecular flexibility index (Phi) is 4.56. The summed E-state index contributed by atoms with van der Waals surface area (Å²) in [6.45, 7) is 2.34. The fourth-order valence-corrected chi connectivity index (χ4v) is 1.41. The first-order valence-corrected chi connectivity index (χ1v) is 5.28. The van der Waals surface area contributed by atoms with Crippen molar-refractivity contribution >= 4 is 18.1 Å². The van der Waals surface area contributed by atoms with E-state index in [0.717, 1.165) is 0 Å². The van der Waals surface area contributed by atoms with Gasteiger partial charge in [0.2, 0.25) is 11.9 Å². The van der Waals surface area contributed by atoms with Crippen molar-refractivity contribution in [2.45, 2.75) is 6.92 Å². The van der Waals surface area contributed by atoms with Crippen LogP contribution in [-0.2, 0) is 4.79 Å². The number of nitrogens with zero attached hydrogens (tertiary/aromatic N) is 3. The summed E-state index contributed by atoms with van der Waals surface area (Å²) < 4.78 is 0. The second kappa shape index (κ2) is 5.93. The van der Waals surface area contributed by atoms with Crippen molar-refractivity contribution in [1.82, 2.24) is 15.3 Å². The summed E-state index contributed by atoms with van der Waals surface area (Å²) in [5, 5.41) is 2.59. The summed E-state index contributed by atoms with van der Waals surface area (Å²) in [5.41, 5.74) is 0.432. The molecular weight excluding hydrogens is 220 g/mol. The maximum atomic E-state index is 11.4. The van der Waals surface area contributed by atoms with Crippen LogP contribution >= 0.6 is 0 Å². The molecule has 1 unspecified atom stereocenters. The smallest absolute Gasteiger partial charge is 0.225 e. The van der Waals surface area contributed by atoms with E-state index >= 15 is 0 Å². The van der Waals surface area contributed by atoms with Crippen LogP contribution in [0.25, 0.3) is 0 Å². The van der Waals surface area contributed by atoms with Crippen molar-refractivity contribution in [2.24, 2.45) is 5.92 Å². The highest BCUT2D eigenvalue weighted by atomic mass is 16.1. The van der Waals surface area contributed by atoms with Crippen LogP contribution in [0.4, 0.5) is 5.95 Å². The molecule has 0 spiro atoms. The van der Waals surface area contributed by atoms with Gasteiger partial charge in [-0.25, -0.2) is 9.97 Å². The van der Waals surface area contributed by atoms with Crippen LogP contribution in [0.2, 0.25) is 0 Å². The SMILES string of the molecule is CNC(=O)C(C)CN(C)c1ncc(C=O)cn1. The number of carbonyl (C=O) groups is 2. The first-order valence-electron chi connectivity index (χ1n) is 5.28. The number of aromatic nitrogens is 2. The van der Waals surface area contributed by atoms with Crippen molar-refractivity contribution in [1.29, 1.82) is 0 Å². The average molecular weight is 236 g/mol. The summed E-state index contributed by atoms with van der Waals surface area (Å²) in [7, 11) is 3.41. The van der Waals surface area contributed by atoms with Gasteiger partial charge < -0.3 is 10.2 Å². The van der Waals surface area contributed by atoms with E-state index in [4.69, 9.17) is 0 Å². The second-order valence-corrected chi connectivity index (χ2v) is 3.83. The molecule has 1 aromatic heterocycles. The van der Waals surface area contributed by atoms with E-state index < -0.39 is 0 Å². The third-order valence-electron chi connectivity index (χ3n) is 2.38. The lowest BCUT2D eigenvalue weighted by Crippen LogP contribution is -2.35. The molecule has 1 aromatic rings. The highest BCUT2D eigenvalue weighted by molar-refractivity contribution is 5.78. The maximum Gasteiger partial charge on any atom is 0.225 e. The van der Waals surface area contributed by atoms with Crippen LogP contribution in [0.3, 0.4) is 0 Å². The Labute approximate surface area is 100 Å². The Bertz CT molecular complexity index is 391. The number of rotatable bonds is 5. The van der Waals surface area contributed by atoms with Gasteiger partial charge in [-0.1, -0.05) is 6.92 Å². The maximum absolute atomic E-state index is 11.4. The normalized spacial score (nSPS) is 11.7. The molecule has 0 aromatic carbocycles. The van der Waals surface area contributed by atoms with Crippen LogP contribution in [0.1, 0.15) is 17.3 Å². The lowest BCUT2D eigenvalue weighted by molar-refractivity contribution is -0.123. The number of anilines is 1. The van der Waals surface area contributed by atoms with Gasteiger partial charge in [-0.3, -0.25) is 9.59 Å². The molecule has 1 rings (SSSR count). The predicted octanol–water partition coefficient (Wildman–Crippen LogP) is 0.107. The van der Waals surface area contributed by atoms with Gasteiger partial charge in [0.1, 0.15) is 0 Å². The van der Waals surface area contributed by atoms with Crippen LogP contribution in [0.5, 0.6) is 0 Å². The molecule has 1 amide bonds. The fourth-order valence-electron chi connectivity index (χ4n) is 1.41. The molecule has 1 N–H and O–H groups in total. The van der Waals surface area contributed by atoms with Crippen LogP contribution < -0.4 is 10.2 Å². The minimum Gasteiger partial charge on any atom is -0.359 e. The number of nitrogens with one attached hydrogen (secondary N) is 1. The Morgan fingerprint density at radius 1 is 1.53 bits per heavy atom. The van der Waals surface area contributed by atoms with Crippen molar-refractivity contribution < 1.29 is 9.59 Å². The molecule has 6 heteroatoms. The molecule has 17 heavy (non-hydrogen) atoms. The quantitative estimate of drug-likeness (QED) is 0.734. The zero-order chi connectivity index (χ0) is 12.8. The Morgan fingerprint density at radius 3 is 2.59 bits per heavy atom. The third kappa shape index (κ3) is 3.51. The second-order valence-electron chi connectivity index (χ2n) is 3.83. The van der Waals surface area contributed by atoms with Crippen LogP contribution in [0.15, 0.2) is 12.4 Å². The average Bonchev–Trinajstić information content (AvgIpc) is 2.37. The Hall–Kier alpha value is -1.98. The standard InChI is InChI=1S/C11H16N4O2/c1-8(10(17)12-2)6-15(3)11-13-4-9(7-16)5-14-11/h4-5,7-8H,6H2,1-3H3,(H,12,17). The molecule has 0 saturated carbocycles. The summed E-state index contributed by atoms with van der Waals surface area (Å²) in [4.78, 5) is 31.7. The van der Waals surface area contributed by atoms with E-state index in [1.807, 2.05) is 6.92 Å². The summed E-state index contributed by atoms with van der Waals surface area (Å²) in [5.74, 6) is 0.312. The molecule has 0 aliphatic carbocycles. The number of hydrogen-bond donors (Lipinski definition) is 1. The van der Waals surface area contributed by atoms with Gasteiger partial charge in [0.05, 0.1) is 11.5 Å². The van der Waals surface area contributed by atoms with E-state index in [2.05, 4.69) is 15.3 Å². The van der Waals surface area contributed by atoms with Gasteiger partial charge in [0.25, 0.3) is 0 Å². The lowest BCUT2D eigenvalue weighted by atomic mass is 10.1. The van der Waals surface area contributed by atoms with Crippen LogP contribution in [-0.4, -0.2) is 42.8 Å². The fraction of sp³-hybridized carbons (Fsp3) is 0.455. The number of amides is 1. The number of carbonyl (C=O) groups excluding carboxylic acids is 2. The minimum atomic E-state index is -0.153. The third-order valence-corrected chi connectivity index (χ3v) is 2.38. The number of aldehydes is 1. The highest BCUT2D eigenvalue weighted by Gasteiger charge is 2.15. The molecule has 0 aliphatic rings. The number of hydrogen-bond acceptors (Lipinski definition) is 5. The first-order chi connectivity index (χ1) is 8.08. The van der Waals surface area contributed by atoms with Crippen molar-refractivity contribution in [3.8, 4) is 0 Å². The zero-order valence-corrected chi connectivity index (χ0v) is 10.2. The first kappa shape index (κ1) is 13.1. The highest BCUT2D eigenvalue weighted by Crippen LogP contribution is 2.07. The van der Waals surface area contributed by atoms with E-state index in [9.17, 15) is 9.59 Å². The molecule has 0 bridgehead atoms. The van der Waals surface area contributed by atoms with Crippen LogP contribution in [0, 0.1) is 5.92 Å². The van der Waals surface area contributed by atoms with Gasteiger partial charge in [-0.05, 0) is 0 Å². The largest absolute Gasteiger partial charge is 0.359 e. The monoisotopic (exact) mass is 236 g/mol. The van der Waals surface area contributed by atoms with Crippen molar-refractivity contribution in [3.63, 3.8) is 0 Å². The minimum absolute atomic E-state index is 0.0265. The van der Waals surface area contributed by atoms with Crippen molar-refractivity contribution in [3.05, 3.63) is 18.0 Å². The van der Waals surface area contributed by atoms with Gasteiger partial charge >= 0.3 is 0 Å². The van der Waals surface area contributed by atoms with E-state index in [1.165, 1.54) is 12.4 Å². The summed E-state index contributed by atoms with van der Waals surface area (Å²) >= 11 is 0. The summed E-state index contributed by atoms with van der Waals surface area (Å²) in [6, 6.07) is 0. The van der Waals surface area contributed by atoms with E-state index in [1.54, 1.807) is 19.0 Å². The Morgan fingerprint density at radius 2 is 2.12 bits per heavy atom. The molecule has 0 fully saturated rings. The molecule has 6 nitrogen and oxygen atoms in total. The molecule has 0 radical (unpaired) electrons. The molecular formula is C11H16N4O2.